The Kier molecular flexibility index (Phi) is 2.61. The Bertz CT molecular complexity index is 310. The molecule has 3 heteroatoms. The molecule has 1 aromatic carbocycles. The smallest absolute Gasteiger partial charge is 0.160 e. The number of ether oxygens (including phenoxy) is 1. The number of halogens is 1. The normalized spacial score (nSPS) is 9.50. The first-order valence-electron chi connectivity index (χ1n) is 3.45. The molecule has 0 saturated carbocycles. The summed E-state index contributed by atoms with van der Waals surface area (Å²) in [7, 11) is 1.53. The van der Waals surface area contributed by atoms with Crippen LogP contribution in [-0.4, -0.2) is 7.11 Å². The maximum Gasteiger partial charge on any atom is 0.160 e. The monoisotopic (exact) mass is 183 g/mol. The molecule has 0 bridgehead atoms. The average molecular weight is 184 g/mol. The van der Waals surface area contributed by atoms with Gasteiger partial charge in [-0.15, -0.1) is 0 Å². The van der Waals surface area contributed by atoms with Crippen LogP contribution in [0.1, 0.15) is 5.56 Å². The van der Waals surface area contributed by atoms with Crippen molar-refractivity contribution < 1.29 is 4.74 Å². The second-order valence-corrected chi connectivity index (χ2v) is 2.69. The lowest BCUT2D eigenvalue weighted by Gasteiger charge is -2.08. The molecule has 64 valence electrons. The van der Waals surface area contributed by atoms with Gasteiger partial charge in [0.15, 0.2) is 5.75 Å². The van der Waals surface area contributed by atoms with Crippen molar-refractivity contribution in [2.45, 2.75) is 0 Å². The van der Waals surface area contributed by atoms with Gasteiger partial charge in [-0.3, -0.25) is 0 Å². The van der Waals surface area contributed by atoms with Gasteiger partial charge in [-0.05, 0) is 6.07 Å². The highest BCUT2D eigenvalue weighted by Crippen LogP contribution is 2.33. The van der Waals surface area contributed by atoms with Crippen LogP contribution in [0.25, 0.3) is 6.08 Å². The maximum atomic E-state index is 5.82. The molecule has 0 unspecified atom stereocenters. The number of nitrogens with two attached hydrogens (primary N) is 1. The Balaban J connectivity index is 3.33. The summed E-state index contributed by atoms with van der Waals surface area (Å²) in [4.78, 5) is 0. The van der Waals surface area contributed by atoms with Crippen LogP contribution in [0, 0.1) is 0 Å². The molecule has 1 aromatic rings. The zero-order chi connectivity index (χ0) is 9.14. The molecule has 0 aliphatic heterocycles. The fraction of sp³-hybridized carbons (Fsp3) is 0.111. The second kappa shape index (κ2) is 3.50. The molecule has 0 heterocycles. The van der Waals surface area contributed by atoms with Crippen LogP contribution < -0.4 is 10.5 Å². The molecule has 0 aliphatic rings. The van der Waals surface area contributed by atoms with Crippen molar-refractivity contribution in [3.63, 3.8) is 0 Å². The number of nitrogen functional groups attached to an aromatic ring is 1. The molecule has 0 atom stereocenters. The second-order valence-electron chi connectivity index (χ2n) is 2.29. The minimum Gasteiger partial charge on any atom is -0.493 e. The van der Waals surface area contributed by atoms with E-state index in [0.29, 0.717) is 16.5 Å². The van der Waals surface area contributed by atoms with Gasteiger partial charge in [-0.1, -0.05) is 30.3 Å². The highest BCUT2D eigenvalue weighted by Gasteiger charge is 2.06. The molecule has 2 N–H and O–H groups in total. The SMILES string of the molecule is C=Cc1ccc(Cl)c(OC)c1N. The first-order valence-corrected chi connectivity index (χ1v) is 3.83. The zero-order valence-electron chi connectivity index (χ0n) is 6.80. The van der Waals surface area contributed by atoms with E-state index in [1.807, 2.05) is 0 Å². The quantitative estimate of drug-likeness (QED) is 0.716. The van der Waals surface area contributed by atoms with Gasteiger partial charge in [0.2, 0.25) is 0 Å². The summed E-state index contributed by atoms with van der Waals surface area (Å²) < 4.78 is 5.01. The van der Waals surface area contributed by atoms with Crippen molar-refractivity contribution in [3.05, 3.63) is 29.3 Å². The van der Waals surface area contributed by atoms with E-state index >= 15 is 0 Å². The molecule has 12 heavy (non-hydrogen) atoms. The van der Waals surface area contributed by atoms with E-state index in [1.54, 1.807) is 18.2 Å². The molecule has 1 rings (SSSR count). The fourth-order valence-electron chi connectivity index (χ4n) is 0.974. The predicted octanol–water partition coefficient (Wildman–Crippen LogP) is 2.57. The fourth-order valence-corrected chi connectivity index (χ4v) is 1.22. The van der Waals surface area contributed by atoms with Crippen LogP contribution in [0.3, 0.4) is 0 Å². The van der Waals surface area contributed by atoms with Gasteiger partial charge < -0.3 is 10.5 Å². The summed E-state index contributed by atoms with van der Waals surface area (Å²) >= 11 is 5.82. The topological polar surface area (TPSA) is 35.2 Å². The summed E-state index contributed by atoms with van der Waals surface area (Å²) in [5.41, 5.74) is 7.08. The van der Waals surface area contributed by atoms with Crippen molar-refractivity contribution in [2.24, 2.45) is 0 Å². The lowest BCUT2D eigenvalue weighted by Crippen LogP contribution is -1.95. The minimum absolute atomic E-state index is 0.508. The number of benzene rings is 1. The van der Waals surface area contributed by atoms with Gasteiger partial charge in [0.25, 0.3) is 0 Å². The van der Waals surface area contributed by atoms with Gasteiger partial charge in [-0.2, -0.15) is 0 Å². The van der Waals surface area contributed by atoms with Gasteiger partial charge in [-0.25, -0.2) is 0 Å². The number of anilines is 1. The number of hydrogen-bond acceptors (Lipinski definition) is 2. The summed E-state index contributed by atoms with van der Waals surface area (Å²) in [6.07, 6.45) is 1.66. The summed E-state index contributed by atoms with van der Waals surface area (Å²) in [5, 5.41) is 0.514. The lowest BCUT2D eigenvalue weighted by molar-refractivity contribution is 0.417. The molecule has 0 radical (unpaired) electrons. The maximum absolute atomic E-state index is 5.82. The van der Waals surface area contributed by atoms with Crippen molar-refractivity contribution in [1.82, 2.24) is 0 Å². The Morgan fingerprint density at radius 3 is 2.75 bits per heavy atom. The Morgan fingerprint density at radius 2 is 2.25 bits per heavy atom. The highest BCUT2D eigenvalue weighted by atomic mass is 35.5. The zero-order valence-corrected chi connectivity index (χ0v) is 7.56. The van der Waals surface area contributed by atoms with E-state index in [0.717, 1.165) is 5.56 Å². The van der Waals surface area contributed by atoms with E-state index in [-0.39, 0.29) is 0 Å². The van der Waals surface area contributed by atoms with Crippen LogP contribution in [0.4, 0.5) is 5.69 Å². The summed E-state index contributed by atoms with van der Waals surface area (Å²) in [5.74, 6) is 0.508. The van der Waals surface area contributed by atoms with Crippen molar-refractivity contribution >= 4 is 23.4 Å². The lowest BCUT2D eigenvalue weighted by atomic mass is 10.1. The molecule has 0 spiro atoms. The molecule has 0 aromatic heterocycles. The highest BCUT2D eigenvalue weighted by molar-refractivity contribution is 6.32. The molecule has 2 nitrogen and oxygen atoms in total. The number of hydrogen-bond donors (Lipinski definition) is 1. The Labute approximate surface area is 76.6 Å². The molecular formula is C9H10ClNO. The van der Waals surface area contributed by atoms with E-state index in [9.17, 15) is 0 Å². The molecular weight excluding hydrogens is 174 g/mol. The van der Waals surface area contributed by atoms with Crippen molar-refractivity contribution in [1.29, 1.82) is 0 Å². The summed E-state index contributed by atoms with van der Waals surface area (Å²) in [6, 6.07) is 3.53. The van der Waals surface area contributed by atoms with Crippen molar-refractivity contribution in [3.8, 4) is 5.75 Å². The Hall–Kier alpha value is -1.15. The van der Waals surface area contributed by atoms with Gasteiger partial charge >= 0.3 is 0 Å². The van der Waals surface area contributed by atoms with Gasteiger partial charge in [0.05, 0.1) is 17.8 Å². The van der Waals surface area contributed by atoms with Gasteiger partial charge in [0, 0.05) is 5.56 Å². The predicted molar refractivity (Wildman–Crippen MR) is 52.5 cm³/mol. The van der Waals surface area contributed by atoms with Crippen LogP contribution >= 0.6 is 11.6 Å². The third-order valence-electron chi connectivity index (χ3n) is 1.61. The Morgan fingerprint density at radius 1 is 1.58 bits per heavy atom. The molecule has 0 saturated heterocycles. The van der Waals surface area contributed by atoms with Gasteiger partial charge in [0.1, 0.15) is 0 Å². The standard InChI is InChI=1S/C9H10ClNO/c1-3-6-4-5-7(10)9(12-2)8(6)11/h3-5H,1,11H2,2H3. The van der Waals surface area contributed by atoms with Crippen LogP contribution in [0.2, 0.25) is 5.02 Å². The third-order valence-corrected chi connectivity index (χ3v) is 1.90. The average Bonchev–Trinajstić information content (AvgIpc) is 2.06. The number of methoxy groups -OCH3 is 1. The molecule has 0 fully saturated rings. The van der Waals surface area contributed by atoms with Crippen LogP contribution in [0.15, 0.2) is 18.7 Å². The largest absolute Gasteiger partial charge is 0.493 e. The number of rotatable bonds is 2. The first kappa shape index (κ1) is 8.94. The molecule has 0 amide bonds. The van der Waals surface area contributed by atoms with E-state index in [4.69, 9.17) is 22.1 Å². The third kappa shape index (κ3) is 1.38. The van der Waals surface area contributed by atoms with E-state index in [2.05, 4.69) is 6.58 Å². The van der Waals surface area contributed by atoms with Crippen LogP contribution in [0.5, 0.6) is 5.75 Å². The first-order chi connectivity index (χ1) is 5.70. The summed E-state index contributed by atoms with van der Waals surface area (Å²) in [6.45, 7) is 3.62. The minimum atomic E-state index is 0.508. The van der Waals surface area contributed by atoms with Crippen LogP contribution in [-0.2, 0) is 0 Å². The molecule has 0 aliphatic carbocycles. The van der Waals surface area contributed by atoms with E-state index < -0.39 is 0 Å². The van der Waals surface area contributed by atoms with E-state index in [1.165, 1.54) is 7.11 Å². The van der Waals surface area contributed by atoms with Crippen molar-refractivity contribution in [2.75, 3.05) is 12.8 Å².